The van der Waals surface area contributed by atoms with E-state index in [0.717, 1.165) is 24.3 Å². The number of aliphatic carboxylic acids is 1. The second-order valence-electron chi connectivity index (χ2n) is 5.71. The second kappa shape index (κ2) is 5.87. The molecule has 4 heteroatoms. The van der Waals surface area contributed by atoms with E-state index in [-0.39, 0.29) is 6.42 Å². The molecule has 0 saturated carbocycles. The van der Waals surface area contributed by atoms with Crippen molar-refractivity contribution in [2.75, 3.05) is 14.2 Å². The highest BCUT2D eigenvalue weighted by molar-refractivity contribution is 5.95. The van der Waals surface area contributed by atoms with E-state index in [2.05, 4.69) is 12.1 Å². The highest BCUT2D eigenvalue weighted by atomic mass is 16.5. The van der Waals surface area contributed by atoms with Gasteiger partial charge in [0, 0.05) is 17.5 Å². The van der Waals surface area contributed by atoms with Gasteiger partial charge >= 0.3 is 5.97 Å². The van der Waals surface area contributed by atoms with Gasteiger partial charge in [0.1, 0.15) is 11.5 Å². The Labute approximate surface area is 129 Å². The van der Waals surface area contributed by atoms with Crippen molar-refractivity contribution in [3.8, 4) is 11.5 Å². The predicted octanol–water partition coefficient (Wildman–Crippen LogP) is 3.75. The Kier molecular flexibility index (Phi) is 3.92. The molecular formula is C18H20O4. The summed E-state index contributed by atoms with van der Waals surface area (Å²) in [4.78, 5) is 10.8. The SMILES string of the molecule is COc1ccc2ccc(OC)c3c2c1CC3CCCC(=O)O. The number of ether oxygens (including phenoxy) is 2. The molecule has 1 atom stereocenters. The molecule has 0 aromatic heterocycles. The summed E-state index contributed by atoms with van der Waals surface area (Å²) in [5, 5.41) is 11.3. The first-order valence-electron chi connectivity index (χ1n) is 7.54. The molecule has 1 aliphatic rings. The van der Waals surface area contributed by atoms with Gasteiger partial charge in [0.15, 0.2) is 0 Å². The zero-order valence-electron chi connectivity index (χ0n) is 12.9. The largest absolute Gasteiger partial charge is 0.496 e. The van der Waals surface area contributed by atoms with Crippen LogP contribution in [-0.2, 0) is 11.2 Å². The third-order valence-corrected chi connectivity index (χ3v) is 4.49. The molecule has 2 aromatic carbocycles. The number of carbonyl (C=O) groups is 1. The van der Waals surface area contributed by atoms with E-state index in [1.807, 2.05) is 12.1 Å². The average Bonchev–Trinajstić information content (AvgIpc) is 2.89. The maximum absolute atomic E-state index is 10.8. The van der Waals surface area contributed by atoms with Crippen molar-refractivity contribution in [1.82, 2.24) is 0 Å². The van der Waals surface area contributed by atoms with Gasteiger partial charge in [0.05, 0.1) is 14.2 Å². The minimum absolute atomic E-state index is 0.211. The van der Waals surface area contributed by atoms with E-state index in [1.54, 1.807) is 14.2 Å². The molecule has 0 bridgehead atoms. The number of rotatable bonds is 6. The zero-order chi connectivity index (χ0) is 15.7. The maximum Gasteiger partial charge on any atom is 0.303 e. The van der Waals surface area contributed by atoms with Crippen molar-refractivity contribution in [3.05, 3.63) is 35.4 Å². The van der Waals surface area contributed by atoms with Gasteiger partial charge in [-0.25, -0.2) is 0 Å². The van der Waals surface area contributed by atoms with Crippen LogP contribution in [0.4, 0.5) is 0 Å². The molecule has 0 radical (unpaired) electrons. The highest BCUT2D eigenvalue weighted by Gasteiger charge is 2.30. The lowest BCUT2D eigenvalue weighted by Crippen LogP contribution is -2.02. The molecule has 0 amide bonds. The van der Waals surface area contributed by atoms with Crippen LogP contribution >= 0.6 is 0 Å². The Hall–Kier alpha value is -2.23. The molecule has 116 valence electrons. The molecule has 0 fully saturated rings. The standard InChI is InChI=1S/C18H20O4/c1-21-14-8-6-11-7-9-15(22-2)18-12(4-3-5-16(19)20)10-13(14)17(11)18/h6-9,12H,3-5,10H2,1-2H3,(H,19,20). The molecule has 1 aliphatic carbocycles. The third-order valence-electron chi connectivity index (χ3n) is 4.49. The average molecular weight is 300 g/mol. The summed E-state index contributed by atoms with van der Waals surface area (Å²) in [5.74, 6) is 1.35. The first-order chi connectivity index (χ1) is 10.7. The summed E-state index contributed by atoms with van der Waals surface area (Å²) < 4.78 is 11.1. The van der Waals surface area contributed by atoms with Crippen molar-refractivity contribution in [1.29, 1.82) is 0 Å². The lowest BCUT2D eigenvalue weighted by molar-refractivity contribution is -0.137. The molecular weight excluding hydrogens is 280 g/mol. The van der Waals surface area contributed by atoms with Crippen LogP contribution < -0.4 is 9.47 Å². The molecule has 1 unspecified atom stereocenters. The second-order valence-corrected chi connectivity index (χ2v) is 5.71. The minimum Gasteiger partial charge on any atom is -0.496 e. The molecule has 1 N–H and O–H groups in total. The van der Waals surface area contributed by atoms with Crippen LogP contribution in [0.15, 0.2) is 24.3 Å². The molecule has 4 nitrogen and oxygen atoms in total. The number of methoxy groups -OCH3 is 2. The lowest BCUT2D eigenvalue weighted by atomic mass is 9.93. The Morgan fingerprint density at radius 2 is 1.86 bits per heavy atom. The van der Waals surface area contributed by atoms with Crippen LogP contribution in [0, 0.1) is 0 Å². The van der Waals surface area contributed by atoms with Crippen LogP contribution in [0.3, 0.4) is 0 Å². The van der Waals surface area contributed by atoms with Gasteiger partial charge in [-0.3, -0.25) is 4.79 Å². The van der Waals surface area contributed by atoms with Crippen LogP contribution in [0.25, 0.3) is 10.8 Å². The van der Waals surface area contributed by atoms with Gasteiger partial charge < -0.3 is 14.6 Å². The third kappa shape index (κ3) is 2.39. The molecule has 2 aromatic rings. The summed E-state index contributed by atoms with van der Waals surface area (Å²) in [7, 11) is 3.37. The van der Waals surface area contributed by atoms with Gasteiger partial charge in [-0.2, -0.15) is 0 Å². The van der Waals surface area contributed by atoms with Crippen molar-refractivity contribution in [2.24, 2.45) is 0 Å². The molecule has 22 heavy (non-hydrogen) atoms. The van der Waals surface area contributed by atoms with E-state index in [0.29, 0.717) is 12.3 Å². The smallest absolute Gasteiger partial charge is 0.303 e. The Morgan fingerprint density at radius 3 is 2.50 bits per heavy atom. The molecule has 0 saturated heterocycles. The Balaban J connectivity index is 2.04. The fourth-order valence-electron chi connectivity index (χ4n) is 3.55. The first-order valence-corrected chi connectivity index (χ1v) is 7.54. The zero-order valence-corrected chi connectivity index (χ0v) is 12.9. The summed E-state index contributed by atoms with van der Waals surface area (Å²) in [6.45, 7) is 0. The maximum atomic E-state index is 10.8. The summed E-state index contributed by atoms with van der Waals surface area (Å²) in [6.07, 6.45) is 2.62. The van der Waals surface area contributed by atoms with Gasteiger partial charge in [-0.15, -0.1) is 0 Å². The fourth-order valence-corrected chi connectivity index (χ4v) is 3.55. The number of hydrogen-bond acceptors (Lipinski definition) is 3. The normalized spacial score (nSPS) is 16.0. The summed E-state index contributed by atoms with van der Waals surface area (Å²) >= 11 is 0. The van der Waals surface area contributed by atoms with Gasteiger partial charge in [0.2, 0.25) is 0 Å². The summed E-state index contributed by atoms with van der Waals surface area (Å²) in [6, 6.07) is 8.15. The van der Waals surface area contributed by atoms with Crippen LogP contribution in [0.2, 0.25) is 0 Å². The van der Waals surface area contributed by atoms with E-state index >= 15 is 0 Å². The van der Waals surface area contributed by atoms with Crippen molar-refractivity contribution in [3.63, 3.8) is 0 Å². The minimum atomic E-state index is -0.738. The van der Waals surface area contributed by atoms with Crippen molar-refractivity contribution < 1.29 is 19.4 Å². The van der Waals surface area contributed by atoms with E-state index in [4.69, 9.17) is 14.6 Å². The topological polar surface area (TPSA) is 55.8 Å². The van der Waals surface area contributed by atoms with E-state index in [9.17, 15) is 4.79 Å². The van der Waals surface area contributed by atoms with Gasteiger partial charge in [-0.1, -0.05) is 12.1 Å². The number of benzene rings is 2. The van der Waals surface area contributed by atoms with Gasteiger partial charge in [0.25, 0.3) is 0 Å². The van der Waals surface area contributed by atoms with E-state index in [1.165, 1.54) is 21.9 Å². The van der Waals surface area contributed by atoms with Crippen LogP contribution in [0.5, 0.6) is 11.5 Å². The lowest BCUT2D eigenvalue weighted by Gasteiger charge is -2.14. The molecule has 0 heterocycles. The van der Waals surface area contributed by atoms with Crippen LogP contribution in [0.1, 0.15) is 36.3 Å². The molecule has 3 rings (SSSR count). The highest BCUT2D eigenvalue weighted by Crippen LogP contribution is 2.48. The monoisotopic (exact) mass is 300 g/mol. The van der Waals surface area contributed by atoms with Crippen molar-refractivity contribution in [2.45, 2.75) is 31.6 Å². The fraction of sp³-hybridized carbons (Fsp3) is 0.389. The number of carboxylic acid groups (broad SMARTS) is 1. The summed E-state index contributed by atoms with van der Waals surface area (Å²) in [5.41, 5.74) is 2.42. The van der Waals surface area contributed by atoms with Crippen LogP contribution in [-0.4, -0.2) is 25.3 Å². The Morgan fingerprint density at radius 1 is 1.18 bits per heavy atom. The number of carboxylic acids is 1. The predicted molar refractivity (Wildman–Crippen MR) is 85.0 cm³/mol. The quantitative estimate of drug-likeness (QED) is 0.882. The van der Waals surface area contributed by atoms with E-state index < -0.39 is 5.97 Å². The molecule has 0 aliphatic heterocycles. The van der Waals surface area contributed by atoms with Gasteiger partial charge in [-0.05, 0) is 48.1 Å². The number of hydrogen-bond donors (Lipinski definition) is 1. The first kappa shape index (κ1) is 14.7. The molecule has 0 spiro atoms. The van der Waals surface area contributed by atoms with Crippen molar-refractivity contribution >= 4 is 16.7 Å². The Bertz CT molecular complexity index is 715.